The van der Waals surface area contributed by atoms with Crippen molar-refractivity contribution in [3.63, 3.8) is 0 Å². The molecule has 1 atom stereocenters. The van der Waals surface area contributed by atoms with E-state index in [1.165, 1.54) is 6.08 Å². The lowest BCUT2D eigenvalue weighted by atomic mass is 10.2. The van der Waals surface area contributed by atoms with Gasteiger partial charge >= 0.3 is 12.1 Å². The smallest absolute Gasteiger partial charge is 0.292 e. The highest BCUT2D eigenvalue weighted by Crippen LogP contribution is 2.21. The summed E-state index contributed by atoms with van der Waals surface area (Å²) >= 11 is 0. The zero-order valence-electron chi connectivity index (χ0n) is 7.95. The summed E-state index contributed by atoms with van der Waals surface area (Å²) in [6.45, 7) is 1.79. The molecule has 1 amide bonds. The van der Waals surface area contributed by atoms with E-state index in [0.717, 1.165) is 6.20 Å². The minimum Gasteiger partial charge on any atom is -0.292 e. The van der Waals surface area contributed by atoms with E-state index in [1.54, 1.807) is 6.92 Å². The highest BCUT2D eigenvalue weighted by atomic mass is 19.4. The molecule has 2 N–H and O–H groups in total. The van der Waals surface area contributed by atoms with Crippen molar-refractivity contribution >= 4 is 11.6 Å². The molecule has 0 aromatic heterocycles. The highest BCUT2D eigenvalue weighted by Gasteiger charge is 2.44. The van der Waals surface area contributed by atoms with Crippen LogP contribution in [0, 0.1) is 0 Å². The number of hydrogen-bond donors (Lipinski definition) is 1. The first-order valence-corrected chi connectivity index (χ1v) is 4.26. The molecule has 0 spiro atoms. The number of amides is 1. The van der Waals surface area contributed by atoms with Crippen molar-refractivity contribution < 1.29 is 18.0 Å². The molecule has 1 heterocycles. The molecule has 1 unspecified atom stereocenters. The van der Waals surface area contributed by atoms with Gasteiger partial charge in [0.1, 0.15) is 0 Å². The van der Waals surface area contributed by atoms with Gasteiger partial charge in [-0.15, -0.1) is 0 Å². The summed E-state index contributed by atoms with van der Waals surface area (Å²) in [4.78, 5) is 14.9. The van der Waals surface area contributed by atoms with Crippen LogP contribution in [-0.4, -0.2) is 29.0 Å². The van der Waals surface area contributed by atoms with Crippen molar-refractivity contribution in [3.8, 4) is 0 Å². The number of alkyl halides is 3. The van der Waals surface area contributed by atoms with E-state index in [9.17, 15) is 18.0 Å². The van der Waals surface area contributed by atoms with Crippen LogP contribution in [0.25, 0.3) is 0 Å². The van der Waals surface area contributed by atoms with Crippen LogP contribution >= 0.6 is 0 Å². The van der Waals surface area contributed by atoms with Crippen LogP contribution in [-0.2, 0) is 4.79 Å². The molecule has 0 saturated carbocycles. The third-order valence-corrected chi connectivity index (χ3v) is 1.85. The molecule has 1 aliphatic heterocycles. The number of nitrogens with zero attached hydrogens (tertiary/aromatic N) is 2. The molecule has 0 aliphatic carbocycles. The number of hydrogen-bond acceptors (Lipinski definition) is 3. The van der Waals surface area contributed by atoms with Crippen LogP contribution in [0.15, 0.2) is 17.3 Å². The lowest BCUT2D eigenvalue weighted by Gasteiger charge is -2.26. The first-order chi connectivity index (χ1) is 6.86. The third-order valence-electron chi connectivity index (χ3n) is 1.85. The zero-order valence-corrected chi connectivity index (χ0v) is 7.95. The lowest BCUT2D eigenvalue weighted by molar-refractivity contribution is -0.184. The number of nitrogens with two attached hydrogens (primary N) is 1. The molecule has 0 fully saturated rings. The van der Waals surface area contributed by atoms with Crippen LogP contribution in [0.2, 0.25) is 0 Å². The number of rotatable bonds is 1. The standard InChI is InChI=1S/C8H10F3N3O/c1-2-5-3-4-14(7(12)13-5)6(15)8(9,10)11/h3-4,7H,2,12H2,1H3. The van der Waals surface area contributed by atoms with Crippen LogP contribution in [0.4, 0.5) is 13.2 Å². The average Bonchev–Trinajstić information content (AvgIpc) is 2.15. The largest absolute Gasteiger partial charge is 0.471 e. The number of allylic oxidation sites excluding steroid dienone is 1. The Hall–Kier alpha value is -1.37. The Kier molecular flexibility index (Phi) is 3.13. The van der Waals surface area contributed by atoms with Crippen molar-refractivity contribution in [3.05, 3.63) is 12.3 Å². The Morgan fingerprint density at radius 1 is 1.67 bits per heavy atom. The summed E-state index contributed by atoms with van der Waals surface area (Å²) in [6, 6.07) is 0. The molecule has 1 aliphatic rings. The van der Waals surface area contributed by atoms with E-state index < -0.39 is 18.4 Å². The van der Waals surface area contributed by atoms with Crippen LogP contribution < -0.4 is 5.73 Å². The first kappa shape index (κ1) is 11.7. The van der Waals surface area contributed by atoms with Gasteiger partial charge in [-0.3, -0.25) is 15.4 Å². The Bertz CT molecular complexity index is 322. The van der Waals surface area contributed by atoms with Gasteiger partial charge < -0.3 is 0 Å². The molecule has 0 radical (unpaired) electrons. The van der Waals surface area contributed by atoms with Gasteiger partial charge in [0.2, 0.25) is 0 Å². The van der Waals surface area contributed by atoms with Gasteiger partial charge in [0.15, 0.2) is 6.29 Å². The molecular weight excluding hydrogens is 211 g/mol. The SMILES string of the molecule is CCC1=NC(N)N(C(=O)C(F)(F)F)C=C1. The van der Waals surface area contributed by atoms with Crippen LogP contribution in [0.1, 0.15) is 13.3 Å². The fraction of sp³-hybridized carbons (Fsp3) is 0.500. The Morgan fingerprint density at radius 2 is 2.27 bits per heavy atom. The second kappa shape index (κ2) is 4.01. The maximum absolute atomic E-state index is 12.1. The lowest BCUT2D eigenvalue weighted by Crippen LogP contribution is -2.48. The highest BCUT2D eigenvalue weighted by molar-refractivity contribution is 5.96. The number of carbonyl (C=O) groups excluding carboxylic acids is 1. The molecule has 84 valence electrons. The predicted molar refractivity (Wildman–Crippen MR) is 47.7 cm³/mol. The van der Waals surface area contributed by atoms with Crippen molar-refractivity contribution in [2.75, 3.05) is 0 Å². The second-order valence-electron chi connectivity index (χ2n) is 2.91. The van der Waals surface area contributed by atoms with Gasteiger partial charge in [0.05, 0.1) is 0 Å². The van der Waals surface area contributed by atoms with E-state index in [1.807, 2.05) is 0 Å². The van der Waals surface area contributed by atoms with Gasteiger partial charge in [0, 0.05) is 11.9 Å². The van der Waals surface area contributed by atoms with Gasteiger partial charge in [-0.1, -0.05) is 6.92 Å². The first-order valence-electron chi connectivity index (χ1n) is 4.26. The van der Waals surface area contributed by atoms with Crippen LogP contribution in [0.3, 0.4) is 0 Å². The van der Waals surface area contributed by atoms with Crippen molar-refractivity contribution in [2.45, 2.75) is 25.8 Å². The average molecular weight is 221 g/mol. The summed E-state index contributed by atoms with van der Waals surface area (Å²) in [7, 11) is 0. The number of aliphatic imine (C=N–C) groups is 1. The van der Waals surface area contributed by atoms with Crippen molar-refractivity contribution in [2.24, 2.45) is 10.7 Å². The summed E-state index contributed by atoms with van der Waals surface area (Å²) < 4.78 is 36.2. The summed E-state index contributed by atoms with van der Waals surface area (Å²) in [5, 5.41) is 0. The minimum atomic E-state index is -4.93. The van der Waals surface area contributed by atoms with Crippen LogP contribution in [0.5, 0.6) is 0 Å². The molecule has 4 nitrogen and oxygen atoms in total. The number of carbonyl (C=O) groups is 1. The quantitative estimate of drug-likeness (QED) is 0.718. The second-order valence-corrected chi connectivity index (χ2v) is 2.91. The molecular formula is C8H10F3N3O. The zero-order chi connectivity index (χ0) is 11.6. The summed E-state index contributed by atoms with van der Waals surface area (Å²) in [6.07, 6.45) is -3.32. The molecule has 0 aromatic rings. The van der Waals surface area contributed by atoms with E-state index in [0.29, 0.717) is 17.0 Å². The van der Waals surface area contributed by atoms with E-state index in [2.05, 4.69) is 4.99 Å². The normalized spacial score (nSPS) is 21.5. The summed E-state index contributed by atoms with van der Waals surface area (Å²) in [5.41, 5.74) is 5.87. The van der Waals surface area contributed by atoms with Crippen molar-refractivity contribution in [1.82, 2.24) is 4.90 Å². The predicted octanol–water partition coefficient (Wildman–Crippen LogP) is 0.998. The van der Waals surface area contributed by atoms with E-state index in [-0.39, 0.29) is 0 Å². The third kappa shape index (κ3) is 2.56. The fourth-order valence-corrected chi connectivity index (χ4v) is 1.07. The molecule has 7 heteroatoms. The molecule has 15 heavy (non-hydrogen) atoms. The Balaban J connectivity index is 2.82. The summed E-state index contributed by atoms with van der Waals surface area (Å²) in [5.74, 6) is -2.01. The Labute approximate surface area is 84.3 Å². The van der Waals surface area contributed by atoms with E-state index >= 15 is 0 Å². The fourth-order valence-electron chi connectivity index (χ4n) is 1.07. The molecule has 0 bridgehead atoms. The maximum atomic E-state index is 12.1. The van der Waals surface area contributed by atoms with Gasteiger partial charge in [-0.25, -0.2) is 4.99 Å². The monoisotopic (exact) mass is 221 g/mol. The Morgan fingerprint density at radius 3 is 2.67 bits per heavy atom. The maximum Gasteiger partial charge on any atom is 0.471 e. The molecule has 1 rings (SSSR count). The number of halogens is 3. The van der Waals surface area contributed by atoms with Gasteiger partial charge in [0.25, 0.3) is 0 Å². The molecule has 0 aromatic carbocycles. The molecule has 0 saturated heterocycles. The minimum absolute atomic E-state index is 0.360. The topological polar surface area (TPSA) is 58.7 Å². The van der Waals surface area contributed by atoms with Crippen molar-refractivity contribution in [1.29, 1.82) is 0 Å². The van der Waals surface area contributed by atoms with E-state index in [4.69, 9.17) is 5.73 Å². The van der Waals surface area contributed by atoms with Gasteiger partial charge in [-0.2, -0.15) is 13.2 Å². The van der Waals surface area contributed by atoms with Gasteiger partial charge in [-0.05, 0) is 12.5 Å².